The average molecular weight is 497 g/mol. The van der Waals surface area contributed by atoms with Gasteiger partial charge in [-0.1, -0.05) is 35.3 Å². The fourth-order valence-electron chi connectivity index (χ4n) is 2.73. The molecule has 0 amide bonds. The van der Waals surface area contributed by atoms with E-state index in [1.807, 2.05) is 54.6 Å². The Kier molecular flexibility index (Phi) is 7.53. The molecule has 0 saturated carbocycles. The van der Waals surface area contributed by atoms with Gasteiger partial charge in [0.25, 0.3) is 0 Å². The van der Waals surface area contributed by atoms with Gasteiger partial charge in [-0.3, -0.25) is 0 Å². The van der Waals surface area contributed by atoms with Gasteiger partial charge in [-0.05, 0) is 69.5 Å². The molecule has 3 aromatic carbocycles. The molecule has 3 rings (SSSR count). The molecule has 0 aliphatic rings. The van der Waals surface area contributed by atoms with Crippen LogP contribution in [0.15, 0.2) is 59.1 Å². The van der Waals surface area contributed by atoms with E-state index in [0.29, 0.717) is 40.4 Å². The molecule has 0 bridgehead atoms. The van der Waals surface area contributed by atoms with Crippen molar-refractivity contribution in [2.75, 3.05) is 19.5 Å². The number of halogens is 3. The Morgan fingerprint density at radius 3 is 2.24 bits per heavy atom. The normalized spacial score (nSPS) is 10.5. The number of anilines is 1. The number of ether oxygens (including phenoxy) is 3. The molecular weight excluding hydrogens is 477 g/mol. The number of hydrogen-bond acceptors (Lipinski definition) is 4. The first kappa shape index (κ1) is 21.6. The zero-order valence-electron chi connectivity index (χ0n) is 16.0. The number of benzene rings is 3. The van der Waals surface area contributed by atoms with Crippen LogP contribution in [0.3, 0.4) is 0 Å². The second-order valence-electron chi connectivity index (χ2n) is 6.23. The SMILES string of the molecule is COc1ccc(NCc2cc(Br)c(OCc3ccc(Cl)cc3)c(OC)c2)cc1Cl. The van der Waals surface area contributed by atoms with Crippen LogP contribution in [0.25, 0.3) is 0 Å². The van der Waals surface area contributed by atoms with Gasteiger partial charge >= 0.3 is 0 Å². The molecule has 0 heterocycles. The maximum absolute atomic E-state index is 6.18. The third kappa shape index (κ3) is 5.72. The highest BCUT2D eigenvalue weighted by Gasteiger charge is 2.12. The van der Waals surface area contributed by atoms with E-state index >= 15 is 0 Å². The molecule has 0 spiro atoms. The van der Waals surface area contributed by atoms with Gasteiger partial charge in [0.15, 0.2) is 11.5 Å². The van der Waals surface area contributed by atoms with Crippen molar-refractivity contribution in [2.24, 2.45) is 0 Å². The molecule has 29 heavy (non-hydrogen) atoms. The van der Waals surface area contributed by atoms with E-state index in [4.69, 9.17) is 37.4 Å². The van der Waals surface area contributed by atoms with Gasteiger partial charge in [0.2, 0.25) is 0 Å². The molecule has 0 aromatic heterocycles. The zero-order valence-corrected chi connectivity index (χ0v) is 19.1. The molecule has 0 fully saturated rings. The summed E-state index contributed by atoms with van der Waals surface area (Å²) in [7, 11) is 3.21. The van der Waals surface area contributed by atoms with E-state index in [-0.39, 0.29) is 0 Å². The lowest BCUT2D eigenvalue weighted by Crippen LogP contribution is -2.03. The number of hydrogen-bond donors (Lipinski definition) is 1. The van der Waals surface area contributed by atoms with Crippen LogP contribution in [0.5, 0.6) is 17.2 Å². The van der Waals surface area contributed by atoms with Crippen LogP contribution in [-0.4, -0.2) is 14.2 Å². The Morgan fingerprint density at radius 1 is 0.862 bits per heavy atom. The van der Waals surface area contributed by atoms with Crippen LogP contribution in [0, 0.1) is 0 Å². The highest BCUT2D eigenvalue weighted by molar-refractivity contribution is 9.10. The van der Waals surface area contributed by atoms with E-state index < -0.39 is 0 Å². The minimum Gasteiger partial charge on any atom is -0.495 e. The minimum absolute atomic E-state index is 0.411. The summed E-state index contributed by atoms with van der Waals surface area (Å²) in [6, 6.07) is 17.1. The first-order chi connectivity index (χ1) is 14.0. The van der Waals surface area contributed by atoms with Gasteiger partial charge in [0, 0.05) is 17.3 Å². The summed E-state index contributed by atoms with van der Waals surface area (Å²) in [6.45, 7) is 1.00. The van der Waals surface area contributed by atoms with Crippen molar-refractivity contribution in [3.63, 3.8) is 0 Å². The quantitative estimate of drug-likeness (QED) is 0.365. The lowest BCUT2D eigenvalue weighted by atomic mass is 10.2. The largest absolute Gasteiger partial charge is 0.495 e. The molecule has 0 saturated heterocycles. The summed E-state index contributed by atoms with van der Waals surface area (Å²) >= 11 is 15.7. The summed E-state index contributed by atoms with van der Waals surface area (Å²) in [4.78, 5) is 0. The molecular formula is C22H20BrCl2NO3. The summed E-state index contributed by atoms with van der Waals surface area (Å²) in [5.74, 6) is 1.94. The first-order valence-corrected chi connectivity index (χ1v) is 10.4. The van der Waals surface area contributed by atoms with Crippen molar-refractivity contribution in [3.05, 3.63) is 80.2 Å². The fourth-order valence-corrected chi connectivity index (χ4v) is 3.72. The average Bonchev–Trinajstić information content (AvgIpc) is 2.72. The maximum Gasteiger partial charge on any atom is 0.175 e. The van der Waals surface area contributed by atoms with Gasteiger partial charge in [0.05, 0.1) is 23.7 Å². The van der Waals surface area contributed by atoms with Crippen LogP contribution >= 0.6 is 39.1 Å². The molecule has 0 radical (unpaired) electrons. The maximum atomic E-state index is 6.18. The summed E-state index contributed by atoms with van der Waals surface area (Å²) in [6.07, 6.45) is 0. The lowest BCUT2D eigenvalue weighted by molar-refractivity contribution is 0.282. The van der Waals surface area contributed by atoms with Crippen LogP contribution in [0.2, 0.25) is 10.0 Å². The van der Waals surface area contributed by atoms with E-state index in [1.165, 1.54) is 0 Å². The smallest absolute Gasteiger partial charge is 0.175 e. The third-order valence-corrected chi connectivity index (χ3v) is 5.37. The van der Waals surface area contributed by atoms with Crippen molar-refractivity contribution in [2.45, 2.75) is 13.2 Å². The van der Waals surface area contributed by atoms with Crippen molar-refractivity contribution < 1.29 is 14.2 Å². The third-order valence-electron chi connectivity index (χ3n) is 4.23. The van der Waals surface area contributed by atoms with Crippen molar-refractivity contribution in [3.8, 4) is 17.2 Å². The molecule has 4 nitrogen and oxygen atoms in total. The number of nitrogens with one attached hydrogen (secondary N) is 1. The molecule has 152 valence electrons. The van der Waals surface area contributed by atoms with E-state index in [2.05, 4.69) is 21.2 Å². The molecule has 0 aliphatic heterocycles. The Bertz CT molecular complexity index is 981. The molecule has 0 atom stereocenters. The second kappa shape index (κ2) is 10.1. The lowest BCUT2D eigenvalue weighted by Gasteiger charge is -2.15. The number of rotatable bonds is 8. The topological polar surface area (TPSA) is 39.7 Å². The van der Waals surface area contributed by atoms with Crippen LogP contribution in [-0.2, 0) is 13.2 Å². The van der Waals surface area contributed by atoms with E-state index in [9.17, 15) is 0 Å². The van der Waals surface area contributed by atoms with Crippen molar-refractivity contribution in [1.29, 1.82) is 0 Å². The summed E-state index contributed by atoms with van der Waals surface area (Å²) in [5.41, 5.74) is 2.94. The highest BCUT2D eigenvalue weighted by atomic mass is 79.9. The monoisotopic (exact) mass is 495 g/mol. The summed E-state index contributed by atoms with van der Waals surface area (Å²) < 4.78 is 17.5. The second-order valence-corrected chi connectivity index (χ2v) is 7.93. The first-order valence-electron chi connectivity index (χ1n) is 8.81. The Labute approximate surface area is 188 Å². The van der Waals surface area contributed by atoms with E-state index in [1.54, 1.807) is 14.2 Å². The molecule has 7 heteroatoms. The van der Waals surface area contributed by atoms with Gasteiger partial charge in [-0.2, -0.15) is 0 Å². The van der Waals surface area contributed by atoms with Gasteiger partial charge in [0.1, 0.15) is 12.4 Å². The van der Waals surface area contributed by atoms with Gasteiger partial charge < -0.3 is 19.5 Å². The van der Waals surface area contributed by atoms with Crippen LogP contribution in [0.4, 0.5) is 5.69 Å². The van der Waals surface area contributed by atoms with Crippen molar-refractivity contribution in [1.82, 2.24) is 0 Å². The van der Waals surface area contributed by atoms with Crippen LogP contribution < -0.4 is 19.5 Å². The van der Waals surface area contributed by atoms with Crippen molar-refractivity contribution >= 4 is 44.8 Å². The molecule has 1 N–H and O–H groups in total. The van der Waals surface area contributed by atoms with Crippen LogP contribution in [0.1, 0.15) is 11.1 Å². The van der Waals surface area contributed by atoms with Gasteiger partial charge in [-0.25, -0.2) is 0 Å². The Morgan fingerprint density at radius 2 is 1.59 bits per heavy atom. The zero-order chi connectivity index (χ0) is 20.8. The minimum atomic E-state index is 0.411. The molecule has 0 aliphatic carbocycles. The summed E-state index contributed by atoms with van der Waals surface area (Å²) in [5, 5.41) is 4.60. The predicted octanol–water partition coefficient (Wildman–Crippen LogP) is 6.96. The predicted molar refractivity (Wildman–Crippen MR) is 122 cm³/mol. The number of methoxy groups -OCH3 is 2. The Hall–Kier alpha value is -2.08. The fraction of sp³-hybridized carbons (Fsp3) is 0.182. The molecule has 3 aromatic rings. The van der Waals surface area contributed by atoms with Gasteiger partial charge in [-0.15, -0.1) is 0 Å². The Balaban J connectivity index is 1.70. The highest BCUT2D eigenvalue weighted by Crippen LogP contribution is 2.37. The molecule has 0 unspecified atom stereocenters. The standard InChI is InChI=1S/C22H20BrCl2NO3/c1-27-20-8-7-17(11-19(20)25)26-12-15-9-18(23)22(21(10-15)28-2)29-13-14-3-5-16(24)6-4-14/h3-11,26H,12-13H2,1-2H3. The van der Waals surface area contributed by atoms with E-state index in [0.717, 1.165) is 21.3 Å².